The van der Waals surface area contributed by atoms with Gasteiger partial charge in [-0.2, -0.15) is 0 Å². The summed E-state index contributed by atoms with van der Waals surface area (Å²) in [5, 5.41) is 0.340. The van der Waals surface area contributed by atoms with Gasteiger partial charge in [0.2, 0.25) is 11.7 Å². The summed E-state index contributed by atoms with van der Waals surface area (Å²) in [6, 6.07) is 7.91. The quantitative estimate of drug-likeness (QED) is 0.541. The van der Waals surface area contributed by atoms with Crippen molar-refractivity contribution in [2.45, 2.75) is 12.8 Å². The maximum atomic E-state index is 13.4. The lowest BCUT2D eigenvalue weighted by Gasteiger charge is -2.18. The summed E-state index contributed by atoms with van der Waals surface area (Å²) in [5.74, 6) is -1.85. The van der Waals surface area contributed by atoms with E-state index in [0.717, 1.165) is 12.1 Å². The monoisotopic (exact) mass is 405 g/mol. The number of carbonyl (C=O) groups is 3. The minimum atomic E-state index is -0.756. The summed E-state index contributed by atoms with van der Waals surface area (Å²) in [4.78, 5) is 38.1. The van der Waals surface area contributed by atoms with Crippen molar-refractivity contribution in [3.05, 3.63) is 58.4 Å². The number of carbonyl (C=O) groups excluding carboxylic acids is 3. The van der Waals surface area contributed by atoms with Gasteiger partial charge in [0.15, 0.2) is 6.61 Å². The Hall–Kier alpha value is -2.93. The van der Waals surface area contributed by atoms with Gasteiger partial charge in [-0.25, -0.2) is 9.18 Å². The molecule has 28 heavy (non-hydrogen) atoms. The molecule has 1 saturated heterocycles. The molecule has 2 aromatic carbocycles. The molecule has 0 atom stereocenters. The Morgan fingerprint density at radius 1 is 1.21 bits per heavy atom. The molecule has 8 heteroatoms. The van der Waals surface area contributed by atoms with Crippen LogP contribution in [-0.2, 0) is 9.53 Å². The van der Waals surface area contributed by atoms with Gasteiger partial charge in [0.05, 0.1) is 28.9 Å². The van der Waals surface area contributed by atoms with Crippen LogP contribution in [0.25, 0.3) is 0 Å². The number of halogens is 2. The molecule has 1 fully saturated rings. The molecule has 0 N–H and O–H groups in total. The van der Waals surface area contributed by atoms with Crippen LogP contribution >= 0.6 is 11.6 Å². The number of rotatable bonds is 6. The molecule has 146 valence electrons. The number of ether oxygens (including phenoxy) is 2. The summed E-state index contributed by atoms with van der Waals surface area (Å²) >= 11 is 6.15. The normalized spacial score (nSPS) is 13.5. The molecule has 1 aliphatic rings. The molecule has 0 saturated carbocycles. The van der Waals surface area contributed by atoms with Crippen LogP contribution in [0.1, 0.15) is 33.6 Å². The SMILES string of the molecule is COc1ccc(F)cc1C(=O)COC(=O)c1ccc(Cl)c(N2CCCC2=O)c1. The van der Waals surface area contributed by atoms with Crippen molar-refractivity contribution in [2.24, 2.45) is 0 Å². The standard InChI is InChI=1S/C20H17ClFNO5/c1-27-18-7-5-13(22)10-14(18)17(24)11-28-20(26)12-4-6-15(21)16(9-12)23-8-2-3-19(23)25/h4-7,9-10H,2-3,8,11H2,1H3. The number of nitrogens with zero attached hydrogens (tertiary/aromatic N) is 1. The Morgan fingerprint density at radius 3 is 2.68 bits per heavy atom. The smallest absolute Gasteiger partial charge is 0.338 e. The number of methoxy groups -OCH3 is 1. The van der Waals surface area contributed by atoms with E-state index in [4.69, 9.17) is 21.1 Å². The second-order valence-electron chi connectivity index (χ2n) is 6.16. The van der Waals surface area contributed by atoms with Crippen LogP contribution in [0.15, 0.2) is 36.4 Å². The Kier molecular flexibility index (Phi) is 5.94. The zero-order chi connectivity index (χ0) is 20.3. The molecule has 0 aliphatic carbocycles. The molecule has 6 nitrogen and oxygen atoms in total. The third-order valence-electron chi connectivity index (χ3n) is 4.34. The van der Waals surface area contributed by atoms with E-state index >= 15 is 0 Å². The average Bonchev–Trinajstić information content (AvgIpc) is 3.11. The summed E-state index contributed by atoms with van der Waals surface area (Å²) in [6.45, 7) is -0.0614. The van der Waals surface area contributed by atoms with E-state index in [2.05, 4.69) is 0 Å². The predicted octanol–water partition coefficient (Wildman–Crippen LogP) is 3.65. The van der Waals surface area contributed by atoms with Gasteiger partial charge in [-0.3, -0.25) is 9.59 Å². The summed E-state index contributed by atoms with van der Waals surface area (Å²) in [6.07, 6.45) is 1.14. The van der Waals surface area contributed by atoms with Crippen LogP contribution in [0.2, 0.25) is 5.02 Å². The third kappa shape index (κ3) is 4.14. The van der Waals surface area contributed by atoms with Crippen molar-refractivity contribution in [2.75, 3.05) is 25.2 Å². The summed E-state index contributed by atoms with van der Waals surface area (Å²) < 4.78 is 23.5. The van der Waals surface area contributed by atoms with E-state index in [1.807, 2.05) is 0 Å². The van der Waals surface area contributed by atoms with Gasteiger partial charge in [-0.15, -0.1) is 0 Å². The second-order valence-corrected chi connectivity index (χ2v) is 6.57. The largest absolute Gasteiger partial charge is 0.496 e. The fourth-order valence-electron chi connectivity index (χ4n) is 2.94. The van der Waals surface area contributed by atoms with Crippen molar-refractivity contribution in [1.29, 1.82) is 0 Å². The van der Waals surface area contributed by atoms with Crippen molar-refractivity contribution >= 4 is 34.9 Å². The fourth-order valence-corrected chi connectivity index (χ4v) is 3.16. The number of esters is 1. The molecule has 0 aromatic heterocycles. The molecule has 1 aliphatic heterocycles. The first-order valence-corrected chi connectivity index (χ1v) is 8.92. The van der Waals surface area contributed by atoms with E-state index in [-0.39, 0.29) is 22.8 Å². The molecule has 0 bridgehead atoms. The molecule has 0 unspecified atom stereocenters. The van der Waals surface area contributed by atoms with E-state index in [9.17, 15) is 18.8 Å². The van der Waals surface area contributed by atoms with Crippen molar-refractivity contribution < 1.29 is 28.2 Å². The van der Waals surface area contributed by atoms with Gasteiger partial charge in [0.1, 0.15) is 11.6 Å². The number of amides is 1. The van der Waals surface area contributed by atoms with Crippen LogP contribution in [0.5, 0.6) is 5.75 Å². The second kappa shape index (κ2) is 8.39. The Morgan fingerprint density at radius 2 is 2.00 bits per heavy atom. The average molecular weight is 406 g/mol. The Bertz CT molecular complexity index is 946. The number of ketones is 1. The Balaban J connectivity index is 1.73. The van der Waals surface area contributed by atoms with Crippen LogP contribution in [0, 0.1) is 5.82 Å². The third-order valence-corrected chi connectivity index (χ3v) is 4.66. The molecule has 1 heterocycles. The first-order valence-electron chi connectivity index (χ1n) is 8.54. The van der Waals surface area contributed by atoms with Gasteiger partial charge in [-0.1, -0.05) is 11.6 Å². The summed E-state index contributed by atoms with van der Waals surface area (Å²) in [5.41, 5.74) is 0.560. The van der Waals surface area contributed by atoms with Crippen molar-refractivity contribution in [3.8, 4) is 5.75 Å². The van der Waals surface area contributed by atoms with Crippen molar-refractivity contribution in [1.82, 2.24) is 0 Å². The van der Waals surface area contributed by atoms with Gasteiger partial charge in [-0.05, 0) is 42.8 Å². The van der Waals surface area contributed by atoms with Crippen molar-refractivity contribution in [3.63, 3.8) is 0 Å². The van der Waals surface area contributed by atoms with E-state index in [1.165, 1.54) is 36.3 Å². The highest BCUT2D eigenvalue weighted by atomic mass is 35.5. The maximum Gasteiger partial charge on any atom is 0.338 e. The topological polar surface area (TPSA) is 72.9 Å². The highest BCUT2D eigenvalue weighted by Gasteiger charge is 2.25. The minimum Gasteiger partial charge on any atom is -0.496 e. The van der Waals surface area contributed by atoms with Gasteiger partial charge in [0, 0.05) is 13.0 Å². The van der Waals surface area contributed by atoms with Crippen LogP contribution in [0.3, 0.4) is 0 Å². The summed E-state index contributed by atoms with van der Waals surface area (Å²) in [7, 11) is 1.35. The predicted molar refractivity (Wildman–Crippen MR) is 101 cm³/mol. The molecule has 0 spiro atoms. The maximum absolute atomic E-state index is 13.4. The molecule has 2 aromatic rings. The molecule has 1 amide bonds. The number of hydrogen-bond donors (Lipinski definition) is 0. The van der Waals surface area contributed by atoms with E-state index < -0.39 is 24.2 Å². The van der Waals surface area contributed by atoms with Crippen LogP contribution in [0.4, 0.5) is 10.1 Å². The number of hydrogen-bond acceptors (Lipinski definition) is 5. The molecular weight excluding hydrogens is 389 g/mol. The highest BCUT2D eigenvalue weighted by molar-refractivity contribution is 6.34. The lowest BCUT2D eigenvalue weighted by molar-refractivity contribution is -0.117. The lowest BCUT2D eigenvalue weighted by atomic mass is 10.1. The van der Waals surface area contributed by atoms with E-state index in [0.29, 0.717) is 30.1 Å². The number of benzene rings is 2. The first-order chi connectivity index (χ1) is 13.4. The minimum absolute atomic E-state index is 0.0187. The first kappa shape index (κ1) is 19.8. The van der Waals surface area contributed by atoms with Gasteiger partial charge >= 0.3 is 5.97 Å². The molecule has 0 radical (unpaired) electrons. The fraction of sp³-hybridized carbons (Fsp3) is 0.250. The van der Waals surface area contributed by atoms with Gasteiger partial charge in [0.25, 0.3) is 0 Å². The molecular formula is C20H17ClFNO5. The zero-order valence-electron chi connectivity index (χ0n) is 15.0. The van der Waals surface area contributed by atoms with Gasteiger partial charge < -0.3 is 14.4 Å². The number of anilines is 1. The van der Waals surface area contributed by atoms with E-state index in [1.54, 1.807) is 0 Å². The number of Topliss-reactive ketones (excluding diaryl/α,β-unsaturated/α-hetero) is 1. The van der Waals surface area contributed by atoms with Crippen LogP contribution < -0.4 is 9.64 Å². The highest BCUT2D eigenvalue weighted by Crippen LogP contribution is 2.30. The Labute approximate surface area is 165 Å². The zero-order valence-corrected chi connectivity index (χ0v) is 15.8. The lowest BCUT2D eigenvalue weighted by Crippen LogP contribution is -2.24. The molecule has 3 rings (SSSR count). The van der Waals surface area contributed by atoms with Crippen LogP contribution in [-0.4, -0.2) is 37.9 Å².